The molecular weight excluding hydrogens is 701 g/mol. The van der Waals surface area contributed by atoms with Crippen molar-refractivity contribution in [1.29, 1.82) is 0 Å². The third-order valence-corrected chi connectivity index (χ3v) is 11.2. The number of nitrogens with one attached hydrogen (secondary N) is 2. The first-order chi connectivity index (χ1) is 26.1. The standard InChI is InChI=1S/C43H48N4O6S/c1-30-15-21-38(22-16-30)54(50,51)46-39(26-32-10-5-4-6-11-32)42(49)45-37-14-9-12-35(27-37)43-52-40(28-47(3)25-23-36-13-7-8-24-44-36)31(2)41(53-43)34-19-17-33(29-48)18-20-34/h4-22,24,27,31,39-41,43,46,48H,23,25-26,28-29H2,1-3H3,(H,45,49)/t31-,39+,40+,41+,43+/m0/s1. The van der Waals surface area contributed by atoms with Crippen molar-refractivity contribution >= 4 is 21.6 Å². The van der Waals surface area contributed by atoms with E-state index in [1.807, 2.05) is 91.9 Å². The summed E-state index contributed by atoms with van der Waals surface area (Å²) in [5.74, 6) is -0.512. The van der Waals surface area contributed by atoms with Crippen molar-refractivity contribution in [3.05, 3.63) is 161 Å². The molecule has 0 saturated carbocycles. The van der Waals surface area contributed by atoms with Gasteiger partial charge in [-0.2, -0.15) is 4.72 Å². The number of amides is 1. The van der Waals surface area contributed by atoms with E-state index in [2.05, 4.69) is 33.9 Å². The SMILES string of the molecule is Cc1ccc(S(=O)(=O)N[C@H](Cc2ccccc2)C(=O)Nc2cccc([C@@H]3O[C@H](CN(C)CCc4ccccn4)[C@H](C)[C@H](c4ccc(CO)cc4)O3)c2)cc1. The van der Waals surface area contributed by atoms with Crippen molar-refractivity contribution in [3.8, 4) is 0 Å². The minimum Gasteiger partial charge on any atom is -0.392 e. The number of aromatic nitrogens is 1. The molecule has 2 heterocycles. The largest absolute Gasteiger partial charge is 0.392 e. The summed E-state index contributed by atoms with van der Waals surface area (Å²) in [6, 6.07) is 35.7. The lowest BCUT2D eigenvalue weighted by molar-refractivity contribution is -0.275. The maximum absolute atomic E-state index is 13.9. The van der Waals surface area contributed by atoms with E-state index in [0.717, 1.165) is 40.9 Å². The van der Waals surface area contributed by atoms with Crippen molar-refractivity contribution in [3.63, 3.8) is 0 Å². The molecular formula is C43H48N4O6S. The van der Waals surface area contributed by atoms with Gasteiger partial charge >= 0.3 is 0 Å². The van der Waals surface area contributed by atoms with Crippen LogP contribution in [0.4, 0.5) is 5.69 Å². The summed E-state index contributed by atoms with van der Waals surface area (Å²) in [5, 5.41) is 12.6. The van der Waals surface area contributed by atoms with Gasteiger partial charge in [-0.1, -0.05) is 97.4 Å². The molecule has 0 radical (unpaired) electrons. The van der Waals surface area contributed by atoms with E-state index < -0.39 is 28.3 Å². The maximum atomic E-state index is 13.9. The second-order valence-electron chi connectivity index (χ2n) is 13.9. The van der Waals surface area contributed by atoms with Crippen LogP contribution in [-0.2, 0) is 43.7 Å². The van der Waals surface area contributed by atoms with Crippen molar-refractivity contribution in [2.75, 3.05) is 25.5 Å². The van der Waals surface area contributed by atoms with Gasteiger partial charge in [0.1, 0.15) is 6.04 Å². The van der Waals surface area contributed by atoms with Crippen LogP contribution in [0.15, 0.2) is 132 Å². The van der Waals surface area contributed by atoms with Gasteiger partial charge in [0, 0.05) is 48.6 Å². The lowest BCUT2D eigenvalue weighted by Gasteiger charge is -2.42. The molecule has 1 fully saturated rings. The quantitative estimate of drug-likeness (QED) is 0.113. The molecule has 0 aliphatic carbocycles. The first-order valence-electron chi connectivity index (χ1n) is 18.2. The Labute approximate surface area is 318 Å². The molecule has 1 amide bonds. The number of aryl methyl sites for hydroxylation is 1. The van der Waals surface area contributed by atoms with Crippen LogP contribution in [0.2, 0.25) is 0 Å². The Balaban J connectivity index is 1.22. The minimum absolute atomic E-state index is 0.0123. The van der Waals surface area contributed by atoms with Crippen LogP contribution < -0.4 is 10.0 Å². The van der Waals surface area contributed by atoms with Crippen LogP contribution in [0.25, 0.3) is 0 Å². The highest BCUT2D eigenvalue weighted by molar-refractivity contribution is 7.89. The summed E-state index contributed by atoms with van der Waals surface area (Å²) >= 11 is 0. The topological polar surface area (TPSA) is 130 Å². The summed E-state index contributed by atoms with van der Waals surface area (Å²) in [6.07, 6.45) is 1.49. The van der Waals surface area contributed by atoms with E-state index >= 15 is 0 Å². The average molecular weight is 749 g/mol. The predicted molar refractivity (Wildman–Crippen MR) is 209 cm³/mol. The van der Waals surface area contributed by atoms with E-state index in [4.69, 9.17) is 9.47 Å². The first kappa shape index (κ1) is 39.0. The summed E-state index contributed by atoms with van der Waals surface area (Å²) in [4.78, 5) is 20.7. The molecule has 282 valence electrons. The molecule has 5 aromatic rings. The van der Waals surface area contributed by atoms with Gasteiger partial charge in [0.05, 0.1) is 23.7 Å². The van der Waals surface area contributed by atoms with Gasteiger partial charge in [0.15, 0.2) is 6.29 Å². The second kappa shape index (κ2) is 18.1. The number of carbonyl (C=O) groups is 1. The molecule has 54 heavy (non-hydrogen) atoms. The van der Waals surface area contributed by atoms with Crippen LogP contribution >= 0.6 is 0 Å². The number of benzene rings is 4. The third kappa shape index (κ3) is 10.3. The number of hydrogen-bond acceptors (Lipinski definition) is 8. The molecule has 11 heteroatoms. The smallest absolute Gasteiger partial charge is 0.242 e. The van der Waals surface area contributed by atoms with Crippen molar-refractivity contribution in [1.82, 2.24) is 14.6 Å². The number of carbonyl (C=O) groups excluding carboxylic acids is 1. The summed E-state index contributed by atoms with van der Waals surface area (Å²) in [7, 11) is -1.94. The van der Waals surface area contributed by atoms with E-state index in [1.54, 1.807) is 30.5 Å². The van der Waals surface area contributed by atoms with E-state index in [1.165, 1.54) is 12.1 Å². The summed E-state index contributed by atoms with van der Waals surface area (Å²) < 4.78 is 42.9. The zero-order valence-corrected chi connectivity index (χ0v) is 31.7. The molecule has 1 aliphatic rings. The van der Waals surface area contributed by atoms with Gasteiger partial charge in [0.2, 0.25) is 15.9 Å². The summed E-state index contributed by atoms with van der Waals surface area (Å²) in [6.45, 7) is 5.41. The Morgan fingerprint density at radius 3 is 2.31 bits per heavy atom. The highest BCUT2D eigenvalue weighted by Crippen LogP contribution is 2.42. The zero-order chi connectivity index (χ0) is 38.1. The number of likely N-dealkylation sites (N-methyl/N-ethyl adjacent to an activating group) is 1. The lowest BCUT2D eigenvalue weighted by Crippen LogP contribution is -2.45. The number of nitrogens with zero attached hydrogens (tertiary/aromatic N) is 2. The highest BCUT2D eigenvalue weighted by atomic mass is 32.2. The molecule has 5 atom stereocenters. The highest BCUT2D eigenvalue weighted by Gasteiger charge is 2.39. The number of anilines is 1. The molecule has 6 rings (SSSR count). The molecule has 10 nitrogen and oxygen atoms in total. The minimum atomic E-state index is -4.01. The Morgan fingerprint density at radius 1 is 0.870 bits per heavy atom. The average Bonchev–Trinajstić information content (AvgIpc) is 3.18. The van der Waals surface area contributed by atoms with Crippen LogP contribution in [0.1, 0.15) is 52.8 Å². The number of sulfonamides is 1. The van der Waals surface area contributed by atoms with Crippen LogP contribution in [0, 0.1) is 12.8 Å². The van der Waals surface area contributed by atoms with Gasteiger partial charge in [-0.25, -0.2) is 8.42 Å². The first-order valence-corrected chi connectivity index (χ1v) is 19.7. The molecule has 4 aromatic carbocycles. The number of aliphatic hydroxyl groups excluding tert-OH is 1. The van der Waals surface area contributed by atoms with Crippen LogP contribution in [0.3, 0.4) is 0 Å². The fourth-order valence-electron chi connectivity index (χ4n) is 6.58. The molecule has 3 N–H and O–H groups in total. The van der Waals surface area contributed by atoms with Crippen LogP contribution in [-0.4, -0.2) is 61.6 Å². The molecule has 1 aliphatic heterocycles. The van der Waals surface area contributed by atoms with Gasteiger partial charge < -0.3 is 24.8 Å². The molecule has 0 spiro atoms. The fraction of sp³-hybridized carbons (Fsp3) is 0.302. The number of pyridine rings is 1. The Morgan fingerprint density at radius 2 is 1.61 bits per heavy atom. The normalized spacial score (nSPS) is 19.4. The van der Waals surface area contributed by atoms with Gasteiger partial charge in [0.25, 0.3) is 0 Å². The zero-order valence-electron chi connectivity index (χ0n) is 30.8. The molecule has 1 aromatic heterocycles. The van der Waals surface area contributed by atoms with Crippen LogP contribution in [0.5, 0.6) is 0 Å². The van der Waals surface area contributed by atoms with Gasteiger partial charge in [-0.05, 0) is 73.5 Å². The molecule has 0 unspecified atom stereocenters. The predicted octanol–water partition coefficient (Wildman–Crippen LogP) is 6.38. The Kier molecular flexibility index (Phi) is 13.0. The Bertz CT molecular complexity index is 2070. The maximum Gasteiger partial charge on any atom is 0.242 e. The van der Waals surface area contributed by atoms with E-state index in [-0.39, 0.29) is 36.0 Å². The van der Waals surface area contributed by atoms with Gasteiger partial charge in [-0.3, -0.25) is 9.78 Å². The van der Waals surface area contributed by atoms with Crippen molar-refractivity contribution in [2.24, 2.45) is 5.92 Å². The monoisotopic (exact) mass is 748 g/mol. The second-order valence-corrected chi connectivity index (χ2v) is 15.7. The van der Waals surface area contributed by atoms with E-state index in [0.29, 0.717) is 17.8 Å². The third-order valence-electron chi connectivity index (χ3n) is 9.74. The fourth-order valence-corrected chi connectivity index (χ4v) is 7.78. The van der Waals surface area contributed by atoms with Crippen molar-refractivity contribution in [2.45, 2.75) is 62.7 Å². The Hall–Kier alpha value is -4.75. The van der Waals surface area contributed by atoms with Crippen molar-refractivity contribution < 1.29 is 27.8 Å². The van der Waals surface area contributed by atoms with E-state index in [9.17, 15) is 18.3 Å². The molecule has 1 saturated heterocycles. The summed E-state index contributed by atoms with van der Waals surface area (Å²) in [5.41, 5.74) is 5.74. The number of aliphatic hydroxyl groups is 1. The van der Waals surface area contributed by atoms with Gasteiger partial charge in [-0.15, -0.1) is 0 Å². The number of ether oxygens (including phenoxy) is 2. The molecule has 0 bridgehead atoms. The lowest BCUT2D eigenvalue weighted by atomic mass is 9.90. The number of hydrogen-bond donors (Lipinski definition) is 3. The number of rotatable bonds is 15.